The minimum Gasteiger partial charge on any atom is -0.325 e. The highest BCUT2D eigenvalue weighted by Crippen LogP contribution is 2.32. The predicted octanol–water partition coefficient (Wildman–Crippen LogP) is 4.60. The van der Waals surface area contributed by atoms with Gasteiger partial charge in [-0.2, -0.15) is 0 Å². The van der Waals surface area contributed by atoms with E-state index in [1.165, 1.54) is 34.6 Å². The number of aromatic nitrogens is 2. The molecular weight excluding hydrogens is 430 g/mol. The van der Waals surface area contributed by atoms with Crippen molar-refractivity contribution in [3.63, 3.8) is 0 Å². The van der Waals surface area contributed by atoms with Crippen LogP contribution in [-0.2, 0) is 11.8 Å². The molecule has 31 heavy (non-hydrogen) atoms. The highest BCUT2D eigenvalue weighted by molar-refractivity contribution is 7.99. The number of hydrogen-bond acceptors (Lipinski definition) is 6. The number of carbonyl (C=O) groups excluding carboxylic acids is 2. The number of hydrogen-bond donors (Lipinski definition) is 1. The van der Waals surface area contributed by atoms with Gasteiger partial charge in [-0.05, 0) is 24.6 Å². The maximum Gasteiger partial charge on any atom is 0.271 e. The SMILES string of the molecule is CC(=O)c1cccc(NC(=O)CSc2nc3c(-c4ccccc4)csc3c(=O)n2C)c1. The largest absolute Gasteiger partial charge is 0.325 e. The Bertz CT molecular complexity index is 1340. The lowest BCUT2D eigenvalue weighted by Crippen LogP contribution is -2.20. The van der Waals surface area contributed by atoms with Crippen molar-refractivity contribution in [2.75, 3.05) is 11.1 Å². The van der Waals surface area contributed by atoms with E-state index in [9.17, 15) is 14.4 Å². The zero-order chi connectivity index (χ0) is 22.0. The van der Waals surface area contributed by atoms with E-state index in [1.807, 2.05) is 35.7 Å². The van der Waals surface area contributed by atoms with Gasteiger partial charge in [-0.25, -0.2) is 4.98 Å². The number of rotatable bonds is 6. The van der Waals surface area contributed by atoms with Crippen LogP contribution in [0.1, 0.15) is 17.3 Å². The first kappa shape index (κ1) is 21.0. The number of nitrogens with one attached hydrogen (secondary N) is 1. The number of fused-ring (bicyclic) bond motifs is 1. The topological polar surface area (TPSA) is 81.1 Å². The van der Waals surface area contributed by atoms with Crippen molar-refractivity contribution in [1.29, 1.82) is 0 Å². The van der Waals surface area contributed by atoms with Crippen molar-refractivity contribution >= 4 is 50.7 Å². The molecular formula is C23H19N3O3S2. The molecule has 0 aliphatic carbocycles. The summed E-state index contributed by atoms with van der Waals surface area (Å²) in [6.07, 6.45) is 0. The molecule has 2 aromatic carbocycles. The van der Waals surface area contributed by atoms with Gasteiger partial charge in [0.1, 0.15) is 4.70 Å². The molecule has 0 unspecified atom stereocenters. The van der Waals surface area contributed by atoms with E-state index in [0.717, 1.165) is 11.1 Å². The maximum atomic E-state index is 12.8. The van der Waals surface area contributed by atoms with Crippen LogP contribution in [0, 0.1) is 0 Å². The highest BCUT2D eigenvalue weighted by atomic mass is 32.2. The van der Waals surface area contributed by atoms with Gasteiger partial charge in [0.15, 0.2) is 10.9 Å². The normalized spacial score (nSPS) is 10.9. The van der Waals surface area contributed by atoms with E-state index in [1.54, 1.807) is 31.3 Å². The minimum absolute atomic E-state index is 0.0667. The average molecular weight is 450 g/mol. The van der Waals surface area contributed by atoms with Crippen LogP contribution in [0.4, 0.5) is 5.69 Å². The van der Waals surface area contributed by atoms with Crippen LogP contribution in [0.15, 0.2) is 69.9 Å². The number of ketones is 1. The van der Waals surface area contributed by atoms with Crippen molar-refractivity contribution in [1.82, 2.24) is 9.55 Å². The number of Topliss-reactive ketones (excluding diaryl/α,β-unsaturated/α-hetero) is 1. The Hall–Kier alpha value is -3.23. The lowest BCUT2D eigenvalue weighted by Gasteiger charge is -2.09. The molecule has 156 valence electrons. The Morgan fingerprint density at radius 2 is 1.90 bits per heavy atom. The first-order valence-electron chi connectivity index (χ1n) is 9.51. The van der Waals surface area contributed by atoms with Crippen LogP contribution in [-0.4, -0.2) is 27.0 Å². The Labute approximate surface area is 186 Å². The predicted molar refractivity (Wildman–Crippen MR) is 126 cm³/mol. The monoisotopic (exact) mass is 449 g/mol. The van der Waals surface area contributed by atoms with Crippen LogP contribution >= 0.6 is 23.1 Å². The summed E-state index contributed by atoms with van der Waals surface area (Å²) in [7, 11) is 1.66. The van der Waals surface area contributed by atoms with Crippen molar-refractivity contribution in [2.45, 2.75) is 12.1 Å². The Morgan fingerprint density at radius 1 is 1.13 bits per heavy atom. The fraction of sp³-hybridized carbons (Fsp3) is 0.130. The molecule has 1 N–H and O–H groups in total. The molecule has 0 atom stereocenters. The van der Waals surface area contributed by atoms with Crippen molar-refractivity contribution in [2.24, 2.45) is 7.05 Å². The molecule has 0 saturated heterocycles. The van der Waals surface area contributed by atoms with Gasteiger partial charge in [0.05, 0.1) is 11.3 Å². The molecule has 6 nitrogen and oxygen atoms in total. The summed E-state index contributed by atoms with van der Waals surface area (Å²) in [5, 5.41) is 5.20. The van der Waals surface area contributed by atoms with Gasteiger partial charge >= 0.3 is 0 Å². The summed E-state index contributed by atoms with van der Waals surface area (Å²) in [4.78, 5) is 41.5. The van der Waals surface area contributed by atoms with Gasteiger partial charge in [0, 0.05) is 29.2 Å². The summed E-state index contributed by atoms with van der Waals surface area (Å²) in [6.45, 7) is 1.48. The van der Waals surface area contributed by atoms with Crippen LogP contribution in [0.25, 0.3) is 21.3 Å². The lowest BCUT2D eigenvalue weighted by atomic mass is 10.1. The third-order valence-corrected chi connectivity index (χ3v) is 6.72. The number of carbonyl (C=O) groups is 2. The fourth-order valence-corrected chi connectivity index (χ4v) is 4.87. The molecule has 4 rings (SSSR count). The number of benzene rings is 2. The average Bonchev–Trinajstić information content (AvgIpc) is 3.20. The molecule has 2 aromatic heterocycles. The van der Waals surface area contributed by atoms with E-state index in [-0.39, 0.29) is 23.0 Å². The molecule has 0 saturated carbocycles. The Morgan fingerprint density at radius 3 is 2.65 bits per heavy atom. The Kier molecular flexibility index (Phi) is 6.01. The number of thiophene rings is 1. The van der Waals surface area contributed by atoms with Crippen LogP contribution in [0.2, 0.25) is 0 Å². The second kappa shape index (κ2) is 8.87. The molecule has 8 heteroatoms. The van der Waals surface area contributed by atoms with Crippen molar-refractivity contribution in [3.8, 4) is 11.1 Å². The molecule has 0 spiro atoms. The van der Waals surface area contributed by atoms with E-state index in [2.05, 4.69) is 5.32 Å². The second-order valence-corrected chi connectivity index (χ2v) is 8.75. The number of amides is 1. The molecule has 2 heterocycles. The van der Waals surface area contributed by atoms with Gasteiger partial charge in [-0.1, -0.05) is 54.2 Å². The smallest absolute Gasteiger partial charge is 0.271 e. The number of nitrogens with zero attached hydrogens (tertiary/aromatic N) is 2. The number of thioether (sulfide) groups is 1. The lowest BCUT2D eigenvalue weighted by molar-refractivity contribution is -0.113. The summed E-state index contributed by atoms with van der Waals surface area (Å²) < 4.78 is 2.07. The zero-order valence-electron chi connectivity index (χ0n) is 16.9. The molecule has 0 bridgehead atoms. The number of anilines is 1. The zero-order valence-corrected chi connectivity index (χ0v) is 18.5. The molecule has 0 aliphatic rings. The minimum atomic E-state index is -0.242. The van der Waals surface area contributed by atoms with Gasteiger partial charge in [-0.15, -0.1) is 11.3 Å². The van der Waals surface area contributed by atoms with Gasteiger partial charge in [-0.3, -0.25) is 19.0 Å². The van der Waals surface area contributed by atoms with Crippen LogP contribution in [0.3, 0.4) is 0 Å². The van der Waals surface area contributed by atoms with Gasteiger partial charge in [0.2, 0.25) is 5.91 Å². The van der Waals surface area contributed by atoms with Crippen molar-refractivity contribution < 1.29 is 9.59 Å². The highest BCUT2D eigenvalue weighted by Gasteiger charge is 2.16. The maximum absolute atomic E-state index is 12.8. The van der Waals surface area contributed by atoms with E-state index in [0.29, 0.717) is 26.6 Å². The third-order valence-electron chi connectivity index (χ3n) is 4.73. The van der Waals surface area contributed by atoms with Crippen LogP contribution < -0.4 is 10.9 Å². The van der Waals surface area contributed by atoms with Gasteiger partial charge < -0.3 is 5.32 Å². The molecule has 4 aromatic rings. The first-order valence-corrected chi connectivity index (χ1v) is 11.4. The summed E-state index contributed by atoms with van der Waals surface area (Å²) in [6, 6.07) is 16.6. The summed E-state index contributed by atoms with van der Waals surface area (Å²) >= 11 is 2.57. The molecule has 0 radical (unpaired) electrons. The second-order valence-electron chi connectivity index (χ2n) is 6.93. The van der Waals surface area contributed by atoms with Crippen LogP contribution in [0.5, 0.6) is 0 Å². The fourth-order valence-electron chi connectivity index (χ4n) is 3.12. The van der Waals surface area contributed by atoms with Gasteiger partial charge in [0.25, 0.3) is 5.56 Å². The molecule has 1 amide bonds. The van der Waals surface area contributed by atoms with E-state index in [4.69, 9.17) is 4.98 Å². The summed E-state index contributed by atoms with van der Waals surface area (Å²) in [5.41, 5.74) is 3.51. The summed E-state index contributed by atoms with van der Waals surface area (Å²) in [5.74, 6) is -0.224. The first-order chi connectivity index (χ1) is 14.9. The van der Waals surface area contributed by atoms with E-state index < -0.39 is 0 Å². The molecule has 0 aliphatic heterocycles. The quantitative estimate of drug-likeness (QED) is 0.264. The van der Waals surface area contributed by atoms with Crippen molar-refractivity contribution in [3.05, 3.63) is 75.9 Å². The third kappa shape index (κ3) is 4.45. The standard InChI is InChI=1S/C23H19N3O3S2/c1-14(27)16-9-6-10-17(11-16)24-19(28)13-31-23-25-20-18(15-7-4-3-5-8-15)12-30-21(20)22(29)26(23)2/h3-12H,13H2,1-2H3,(H,24,28). The molecule has 0 fully saturated rings. The Balaban J connectivity index is 1.56. The van der Waals surface area contributed by atoms with E-state index >= 15 is 0 Å².